The van der Waals surface area contributed by atoms with Crippen LogP contribution in [-0.2, 0) is 13.2 Å². The predicted octanol–water partition coefficient (Wildman–Crippen LogP) is 5.53. The zero-order valence-electron chi connectivity index (χ0n) is 16.9. The van der Waals surface area contributed by atoms with Gasteiger partial charge < -0.3 is 9.64 Å². The molecule has 0 saturated carbocycles. The number of hydrogen-bond donors (Lipinski definition) is 0. The molecule has 29 heavy (non-hydrogen) atoms. The lowest BCUT2D eigenvalue weighted by Crippen LogP contribution is -2.31. The summed E-state index contributed by atoms with van der Waals surface area (Å²) in [6, 6.07) is 11.7. The molecule has 0 spiro atoms. The summed E-state index contributed by atoms with van der Waals surface area (Å²) in [7, 11) is 0. The molecular weight excluding hydrogens is 387 g/mol. The zero-order chi connectivity index (χ0) is 20.8. The summed E-state index contributed by atoms with van der Waals surface area (Å²) in [5.41, 5.74) is 3.73. The van der Waals surface area contributed by atoms with Crippen molar-refractivity contribution in [3.63, 3.8) is 0 Å². The highest BCUT2D eigenvalue weighted by Gasteiger charge is 2.17. The fraction of sp³-hybridized carbons (Fsp3) is 0.304. The van der Waals surface area contributed by atoms with Crippen LogP contribution < -0.4 is 4.74 Å². The second kappa shape index (κ2) is 9.65. The highest BCUT2D eigenvalue weighted by Crippen LogP contribution is 2.20. The molecule has 0 fully saturated rings. The molecule has 4 nitrogen and oxygen atoms in total. The highest BCUT2D eigenvalue weighted by molar-refractivity contribution is 7.09. The number of benzene rings is 2. The maximum atomic E-state index is 13.1. The van der Waals surface area contributed by atoms with Gasteiger partial charge in [0.1, 0.15) is 23.2 Å². The maximum Gasteiger partial charge on any atom is 0.254 e. The average molecular weight is 413 g/mol. The molecule has 0 unspecified atom stereocenters. The first-order valence-electron chi connectivity index (χ1n) is 9.64. The molecule has 1 aromatic heterocycles. The Balaban J connectivity index is 1.63. The van der Waals surface area contributed by atoms with E-state index in [1.807, 2.05) is 30.5 Å². The third-order valence-electron chi connectivity index (χ3n) is 4.66. The van der Waals surface area contributed by atoms with Crippen LogP contribution in [0.25, 0.3) is 0 Å². The summed E-state index contributed by atoms with van der Waals surface area (Å²) >= 11 is 1.52. The molecule has 3 rings (SSSR count). The van der Waals surface area contributed by atoms with Crippen molar-refractivity contribution in [3.05, 3.63) is 81.1 Å². The van der Waals surface area contributed by atoms with E-state index in [2.05, 4.69) is 18.8 Å². The number of hydrogen-bond acceptors (Lipinski definition) is 4. The normalized spacial score (nSPS) is 10.8. The monoisotopic (exact) mass is 412 g/mol. The summed E-state index contributed by atoms with van der Waals surface area (Å²) in [5, 5.41) is 2.82. The van der Waals surface area contributed by atoms with Crippen molar-refractivity contribution >= 4 is 17.2 Å². The van der Waals surface area contributed by atoms with Gasteiger partial charge in [-0.3, -0.25) is 4.79 Å². The van der Waals surface area contributed by atoms with Crippen LogP contribution >= 0.6 is 11.3 Å². The van der Waals surface area contributed by atoms with Gasteiger partial charge in [0.05, 0.1) is 12.2 Å². The molecule has 0 radical (unpaired) electrons. The number of amides is 1. The molecule has 0 aliphatic carbocycles. The van der Waals surface area contributed by atoms with Crippen molar-refractivity contribution in [2.24, 2.45) is 0 Å². The van der Waals surface area contributed by atoms with Gasteiger partial charge in [0.25, 0.3) is 5.91 Å². The van der Waals surface area contributed by atoms with Crippen molar-refractivity contribution in [1.29, 1.82) is 0 Å². The van der Waals surface area contributed by atoms with Crippen LogP contribution in [0, 0.1) is 19.7 Å². The number of ether oxygens (including phenoxy) is 1. The van der Waals surface area contributed by atoms with E-state index in [-0.39, 0.29) is 11.7 Å². The number of nitrogens with zero attached hydrogens (tertiary/aromatic N) is 2. The van der Waals surface area contributed by atoms with Crippen molar-refractivity contribution in [3.8, 4) is 5.75 Å². The molecule has 1 amide bonds. The van der Waals surface area contributed by atoms with E-state index < -0.39 is 0 Å². The molecule has 2 aromatic carbocycles. The number of thiazole rings is 1. The summed E-state index contributed by atoms with van der Waals surface area (Å²) in [6.45, 7) is 7.58. The molecule has 0 bridgehead atoms. The molecule has 0 atom stereocenters. The fourth-order valence-electron chi connectivity index (χ4n) is 2.93. The lowest BCUT2D eigenvalue weighted by molar-refractivity contribution is 0.0741. The van der Waals surface area contributed by atoms with Gasteiger partial charge in [0.15, 0.2) is 0 Å². The quantitative estimate of drug-likeness (QED) is 0.488. The Bertz CT molecular complexity index is 969. The number of aryl methyl sites for hydroxylation is 2. The smallest absolute Gasteiger partial charge is 0.254 e. The van der Waals surface area contributed by atoms with Crippen molar-refractivity contribution in [1.82, 2.24) is 9.88 Å². The molecule has 0 N–H and O–H groups in total. The summed E-state index contributed by atoms with van der Waals surface area (Å²) in [4.78, 5) is 19.1. The minimum atomic E-state index is -0.350. The van der Waals surface area contributed by atoms with E-state index in [9.17, 15) is 9.18 Å². The van der Waals surface area contributed by atoms with Gasteiger partial charge in [-0.15, -0.1) is 11.3 Å². The zero-order valence-corrected chi connectivity index (χ0v) is 17.8. The summed E-state index contributed by atoms with van der Waals surface area (Å²) in [5.74, 6) is 0.355. The fourth-order valence-corrected chi connectivity index (χ4v) is 3.63. The number of carbonyl (C=O) groups excluding carboxylic acids is 1. The Morgan fingerprint density at radius 1 is 1.14 bits per heavy atom. The lowest BCUT2D eigenvalue weighted by Gasteiger charge is -2.21. The minimum absolute atomic E-state index is 0.118. The Morgan fingerprint density at radius 2 is 1.90 bits per heavy atom. The Hall–Kier alpha value is -2.73. The summed E-state index contributed by atoms with van der Waals surface area (Å²) in [6.07, 6.45) is 0.833. The van der Waals surface area contributed by atoms with E-state index in [1.54, 1.807) is 4.90 Å². The number of halogens is 1. The van der Waals surface area contributed by atoms with Crippen LogP contribution in [0.1, 0.15) is 45.5 Å². The third-order valence-corrected chi connectivity index (χ3v) is 5.54. The summed E-state index contributed by atoms with van der Waals surface area (Å²) < 4.78 is 19.0. The lowest BCUT2D eigenvalue weighted by atomic mass is 10.1. The molecule has 6 heteroatoms. The molecule has 0 saturated heterocycles. The minimum Gasteiger partial charge on any atom is -0.486 e. The molecular formula is C23H25FN2O2S. The third kappa shape index (κ3) is 5.64. The van der Waals surface area contributed by atoms with E-state index in [0.717, 1.165) is 22.9 Å². The standard InChI is InChI=1S/C23H25FN2O2S/c1-4-11-26(23(27)18-6-8-19(24)9-7-18)13-20-15-29-22(25-20)14-28-21-10-5-16(2)17(3)12-21/h5-10,12,15H,4,11,13-14H2,1-3H3. The van der Waals surface area contributed by atoms with E-state index >= 15 is 0 Å². The van der Waals surface area contributed by atoms with Crippen LogP contribution in [-0.4, -0.2) is 22.3 Å². The number of rotatable bonds is 8. The molecule has 1 heterocycles. The van der Waals surface area contributed by atoms with Crippen molar-refractivity contribution in [2.45, 2.75) is 40.3 Å². The van der Waals surface area contributed by atoms with Gasteiger partial charge in [0, 0.05) is 17.5 Å². The maximum absolute atomic E-state index is 13.1. The first kappa shape index (κ1) is 21.0. The predicted molar refractivity (Wildman–Crippen MR) is 114 cm³/mol. The van der Waals surface area contributed by atoms with Gasteiger partial charge >= 0.3 is 0 Å². The highest BCUT2D eigenvalue weighted by atomic mass is 32.1. The Kier molecular flexibility index (Phi) is 6.99. The van der Waals surface area contributed by atoms with Gasteiger partial charge in [-0.25, -0.2) is 9.37 Å². The van der Waals surface area contributed by atoms with E-state index in [4.69, 9.17) is 4.74 Å². The van der Waals surface area contributed by atoms with Crippen molar-refractivity contribution < 1.29 is 13.9 Å². The molecule has 0 aliphatic heterocycles. The van der Waals surface area contributed by atoms with Gasteiger partial charge in [-0.2, -0.15) is 0 Å². The number of aromatic nitrogens is 1. The van der Waals surface area contributed by atoms with Crippen molar-refractivity contribution in [2.75, 3.05) is 6.54 Å². The Morgan fingerprint density at radius 3 is 2.59 bits per heavy atom. The molecule has 3 aromatic rings. The topological polar surface area (TPSA) is 42.4 Å². The van der Waals surface area contributed by atoms with Crippen LogP contribution in [0.4, 0.5) is 4.39 Å². The van der Waals surface area contributed by atoms with Gasteiger partial charge in [0.2, 0.25) is 0 Å². The largest absolute Gasteiger partial charge is 0.486 e. The number of carbonyl (C=O) groups is 1. The van der Waals surface area contributed by atoms with Gasteiger partial charge in [-0.05, 0) is 67.8 Å². The van der Waals surface area contributed by atoms with Crippen LogP contribution in [0.15, 0.2) is 47.8 Å². The average Bonchev–Trinajstić information content (AvgIpc) is 3.16. The first-order valence-corrected chi connectivity index (χ1v) is 10.5. The van der Waals surface area contributed by atoms with Crippen LogP contribution in [0.2, 0.25) is 0 Å². The second-order valence-electron chi connectivity index (χ2n) is 7.00. The second-order valence-corrected chi connectivity index (χ2v) is 7.94. The van der Waals surface area contributed by atoms with Gasteiger partial charge in [-0.1, -0.05) is 13.0 Å². The SMILES string of the molecule is CCCN(Cc1csc(COc2ccc(C)c(C)c2)n1)C(=O)c1ccc(F)cc1. The van der Waals surface area contributed by atoms with E-state index in [1.165, 1.54) is 46.7 Å². The van der Waals surface area contributed by atoms with E-state index in [0.29, 0.717) is 25.3 Å². The van der Waals surface area contributed by atoms with Crippen LogP contribution in [0.5, 0.6) is 5.75 Å². The Labute approximate surface area is 175 Å². The van der Waals surface area contributed by atoms with Crippen LogP contribution in [0.3, 0.4) is 0 Å². The first-order chi connectivity index (χ1) is 14.0. The molecule has 152 valence electrons. The molecule has 0 aliphatic rings.